The normalized spacial score (nSPS) is 19.1. The zero-order valence-electron chi connectivity index (χ0n) is 12.6. The van der Waals surface area contributed by atoms with Gasteiger partial charge in [0.2, 0.25) is 0 Å². The lowest BCUT2D eigenvalue weighted by Crippen LogP contribution is -2.13. The van der Waals surface area contributed by atoms with E-state index < -0.39 is 0 Å². The van der Waals surface area contributed by atoms with Gasteiger partial charge in [0, 0.05) is 27.7 Å². The van der Waals surface area contributed by atoms with Crippen molar-refractivity contribution in [2.75, 3.05) is 0 Å². The van der Waals surface area contributed by atoms with Gasteiger partial charge >= 0.3 is 0 Å². The smallest absolute Gasteiger partial charge is 0.194 e. The molecule has 1 atom stereocenters. The van der Waals surface area contributed by atoms with Crippen molar-refractivity contribution in [2.45, 2.75) is 58.5 Å². The second kappa shape index (κ2) is 4.71. The molecule has 1 unspecified atom stereocenters. The largest absolute Gasteiger partial charge is 0.388 e. The number of rotatable bonds is 1. The third-order valence-corrected chi connectivity index (χ3v) is 4.85. The molecule has 0 aliphatic heterocycles. The number of hydrogen-bond acceptors (Lipinski definition) is 3. The summed E-state index contributed by atoms with van der Waals surface area (Å²) in [7, 11) is 0. The van der Waals surface area contributed by atoms with Gasteiger partial charge in [0.1, 0.15) is 0 Å². The van der Waals surface area contributed by atoms with E-state index in [0.29, 0.717) is 0 Å². The minimum absolute atomic E-state index is 0.0788. The number of nitrogens with zero attached hydrogens (tertiary/aromatic N) is 2. The molecule has 108 valence electrons. The number of aliphatic hydroxyl groups excluding tert-OH is 1. The van der Waals surface area contributed by atoms with Gasteiger partial charge in [-0.1, -0.05) is 20.8 Å². The first kappa shape index (κ1) is 13.8. The van der Waals surface area contributed by atoms with Crippen LogP contribution in [0.25, 0.3) is 5.13 Å². The van der Waals surface area contributed by atoms with Crippen molar-refractivity contribution in [1.82, 2.24) is 9.55 Å². The van der Waals surface area contributed by atoms with Crippen molar-refractivity contribution < 1.29 is 5.11 Å². The van der Waals surface area contributed by atoms with Crippen molar-refractivity contribution in [3.63, 3.8) is 0 Å². The van der Waals surface area contributed by atoms with E-state index in [0.717, 1.165) is 35.7 Å². The highest BCUT2D eigenvalue weighted by atomic mass is 32.1. The van der Waals surface area contributed by atoms with Crippen LogP contribution >= 0.6 is 11.3 Å². The summed E-state index contributed by atoms with van der Waals surface area (Å²) in [5.74, 6) is 0. The molecule has 20 heavy (non-hydrogen) atoms. The molecule has 2 heterocycles. The molecule has 1 aliphatic carbocycles. The van der Waals surface area contributed by atoms with E-state index in [-0.39, 0.29) is 11.5 Å². The Hall–Kier alpha value is -1.13. The monoisotopic (exact) mass is 290 g/mol. The lowest BCUT2D eigenvalue weighted by molar-refractivity contribution is 0.156. The van der Waals surface area contributed by atoms with E-state index in [1.807, 2.05) is 0 Å². The predicted molar refractivity (Wildman–Crippen MR) is 82.8 cm³/mol. The molecule has 3 rings (SSSR count). The quantitative estimate of drug-likeness (QED) is 0.864. The van der Waals surface area contributed by atoms with Crippen LogP contribution in [0.5, 0.6) is 0 Å². The van der Waals surface area contributed by atoms with Crippen LogP contribution in [-0.2, 0) is 11.8 Å². The third-order valence-electron chi connectivity index (χ3n) is 4.02. The highest BCUT2D eigenvalue weighted by Crippen LogP contribution is 2.35. The minimum Gasteiger partial charge on any atom is -0.388 e. The summed E-state index contributed by atoms with van der Waals surface area (Å²) >= 11 is 1.69. The molecule has 0 radical (unpaired) electrons. The van der Waals surface area contributed by atoms with E-state index in [2.05, 4.69) is 43.7 Å². The molecule has 2 aromatic rings. The van der Waals surface area contributed by atoms with Gasteiger partial charge in [0.15, 0.2) is 5.13 Å². The maximum Gasteiger partial charge on any atom is 0.194 e. The number of aromatic nitrogens is 2. The first-order valence-corrected chi connectivity index (χ1v) is 8.11. The van der Waals surface area contributed by atoms with Gasteiger partial charge < -0.3 is 5.11 Å². The summed E-state index contributed by atoms with van der Waals surface area (Å²) < 4.78 is 2.23. The van der Waals surface area contributed by atoms with E-state index in [4.69, 9.17) is 4.98 Å². The lowest BCUT2D eigenvalue weighted by atomic mass is 9.93. The van der Waals surface area contributed by atoms with Gasteiger partial charge in [-0.05, 0) is 32.3 Å². The Balaban J connectivity index is 2.09. The van der Waals surface area contributed by atoms with Gasteiger partial charge in [0.25, 0.3) is 0 Å². The molecule has 0 spiro atoms. The Morgan fingerprint density at radius 3 is 2.80 bits per heavy atom. The molecule has 1 N–H and O–H groups in total. The fraction of sp³-hybridized carbons (Fsp3) is 0.562. The van der Waals surface area contributed by atoms with Crippen LogP contribution in [0.15, 0.2) is 11.4 Å². The first-order chi connectivity index (χ1) is 9.38. The summed E-state index contributed by atoms with van der Waals surface area (Å²) in [5.41, 5.74) is 4.73. The van der Waals surface area contributed by atoms with Crippen molar-refractivity contribution in [3.05, 3.63) is 34.1 Å². The van der Waals surface area contributed by atoms with Crippen LogP contribution in [-0.4, -0.2) is 14.7 Å². The molecule has 4 heteroatoms. The topological polar surface area (TPSA) is 38.0 Å². The van der Waals surface area contributed by atoms with Gasteiger partial charge in [-0.25, -0.2) is 4.98 Å². The number of aryl methyl sites for hydroxylation is 1. The number of fused-ring (bicyclic) bond motifs is 1. The molecule has 0 fully saturated rings. The van der Waals surface area contributed by atoms with Crippen molar-refractivity contribution in [1.29, 1.82) is 0 Å². The Bertz CT molecular complexity index is 633. The second-order valence-corrected chi connectivity index (χ2v) is 7.53. The van der Waals surface area contributed by atoms with Crippen LogP contribution < -0.4 is 0 Å². The van der Waals surface area contributed by atoms with Crippen LogP contribution in [0.4, 0.5) is 0 Å². The molecule has 2 aromatic heterocycles. The molecule has 0 saturated carbocycles. The molecular weight excluding hydrogens is 268 g/mol. The van der Waals surface area contributed by atoms with Crippen molar-refractivity contribution >= 4 is 11.3 Å². The summed E-state index contributed by atoms with van der Waals surface area (Å²) in [5, 5.41) is 13.3. The average Bonchev–Trinajstić information content (AvgIpc) is 2.92. The zero-order chi connectivity index (χ0) is 14.5. The Labute approximate surface area is 124 Å². The first-order valence-electron chi connectivity index (χ1n) is 7.23. The van der Waals surface area contributed by atoms with E-state index in [1.165, 1.54) is 11.4 Å². The molecular formula is C16H22N2OS. The van der Waals surface area contributed by atoms with Crippen LogP contribution in [0, 0.1) is 6.92 Å². The Morgan fingerprint density at radius 2 is 2.15 bits per heavy atom. The van der Waals surface area contributed by atoms with Crippen molar-refractivity contribution in [3.8, 4) is 5.13 Å². The van der Waals surface area contributed by atoms with Gasteiger partial charge in [-0.15, -0.1) is 11.3 Å². The fourth-order valence-electron chi connectivity index (χ4n) is 2.86. The van der Waals surface area contributed by atoms with Gasteiger partial charge in [0.05, 0.1) is 11.8 Å². The van der Waals surface area contributed by atoms with E-state index in [9.17, 15) is 5.11 Å². The Kier molecular flexibility index (Phi) is 3.26. The van der Waals surface area contributed by atoms with Crippen molar-refractivity contribution in [2.24, 2.45) is 0 Å². The summed E-state index contributed by atoms with van der Waals surface area (Å²) in [6.07, 6.45) is 2.65. The highest BCUT2D eigenvalue weighted by molar-refractivity contribution is 7.12. The van der Waals surface area contributed by atoms with Crippen LogP contribution in [0.2, 0.25) is 0 Å². The summed E-state index contributed by atoms with van der Waals surface area (Å²) in [4.78, 5) is 4.82. The number of hydrogen-bond donors (Lipinski definition) is 1. The SMILES string of the molecule is Cc1cc2c(n1-c1nc(C(C)(C)C)cs1)CCCC2O. The molecule has 0 saturated heterocycles. The predicted octanol–water partition coefficient (Wildman–Crippen LogP) is 3.91. The number of aliphatic hydroxyl groups is 1. The summed E-state index contributed by atoms with van der Waals surface area (Å²) in [6.45, 7) is 8.66. The summed E-state index contributed by atoms with van der Waals surface area (Å²) in [6, 6.07) is 2.12. The molecule has 3 nitrogen and oxygen atoms in total. The maximum atomic E-state index is 10.2. The van der Waals surface area contributed by atoms with E-state index >= 15 is 0 Å². The zero-order valence-corrected chi connectivity index (χ0v) is 13.4. The van der Waals surface area contributed by atoms with Crippen LogP contribution in [0.1, 0.15) is 62.4 Å². The second-order valence-electron chi connectivity index (χ2n) is 6.70. The maximum absolute atomic E-state index is 10.2. The minimum atomic E-state index is -0.305. The van der Waals surface area contributed by atoms with Crippen LogP contribution in [0.3, 0.4) is 0 Å². The molecule has 1 aliphatic rings. The third kappa shape index (κ3) is 2.21. The van der Waals surface area contributed by atoms with Gasteiger partial charge in [-0.2, -0.15) is 0 Å². The molecule has 0 bridgehead atoms. The lowest BCUT2D eigenvalue weighted by Gasteiger charge is -2.19. The molecule has 0 aromatic carbocycles. The average molecular weight is 290 g/mol. The van der Waals surface area contributed by atoms with E-state index in [1.54, 1.807) is 11.3 Å². The standard InChI is InChI=1S/C16H22N2OS/c1-10-8-11-12(6-5-7-13(11)19)18(10)15-17-14(9-20-15)16(2,3)4/h8-9,13,19H,5-7H2,1-4H3. The highest BCUT2D eigenvalue weighted by Gasteiger charge is 2.25. The molecule has 0 amide bonds. The van der Waals surface area contributed by atoms with Gasteiger partial charge in [-0.3, -0.25) is 4.57 Å². The number of thiazole rings is 1. The fourth-order valence-corrected chi connectivity index (χ4v) is 3.99. The Morgan fingerprint density at radius 1 is 1.40 bits per heavy atom.